The third-order valence-electron chi connectivity index (χ3n) is 3.93. The van der Waals surface area contributed by atoms with Crippen LogP contribution in [0.15, 0.2) is 24.3 Å². The van der Waals surface area contributed by atoms with Crippen molar-refractivity contribution in [1.29, 1.82) is 0 Å². The summed E-state index contributed by atoms with van der Waals surface area (Å²) in [6.45, 7) is 7.15. The number of likely N-dealkylation sites (tertiary alicyclic amines) is 1. The third kappa shape index (κ3) is 3.42. The van der Waals surface area contributed by atoms with Gasteiger partial charge in [0.05, 0.1) is 6.54 Å². The summed E-state index contributed by atoms with van der Waals surface area (Å²) in [4.78, 5) is 14.4. The predicted molar refractivity (Wildman–Crippen MR) is 75.0 cm³/mol. The highest BCUT2D eigenvalue weighted by atomic mass is 16.1. The highest BCUT2D eigenvalue weighted by Crippen LogP contribution is 2.16. The maximum absolute atomic E-state index is 12.2. The molecule has 0 spiro atoms. The lowest BCUT2D eigenvalue weighted by atomic mass is 9.98. The topological polar surface area (TPSA) is 20.3 Å². The number of nitrogens with zero attached hydrogens (tertiary/aromatic N) is 1. The first kappa shape index (κ1) is 13.3. The Bertz CT molecular complexity index is 388. The third-order valence-corrected chi connectivity index (χ3v) is 3.93. The van der Waals surface area contributed by atoms with E-state index in [0.717, 1.165) is 31.0 Å². The minimum absolute atomic E-state index is 0.257. The lowest BCUT2D eigenvalue weighted by molar-refractivity contribution is 0.0900. The highest BCUT2D eigenvalue weighted by molar-refractivity contribution is 5.97. The molecule has 2 heteroatoms. The highest BCUT2D eigenvalue weighted by Gasteiger charge is 2.18. The van der Waals surface area contributed by atoms with E-state index < -0.39 is 0 Å². The molecule has 0 amide bonds. The standard InChI is InChI=1S/C16H23NO/c1-3-14-4-6-15(7-5-14)16(18)12-17-10-8-13(2)9-11-17/h4-7,13H,3,8-12H2,1-2H3. The van der Waals surface area contributed by atoms with Gasteiger partial charge in [-0.2, -0.15) is 0 Å². The minimum Gasteiger partial charge on any atom is -0.296 e. The van der Waals surface area contributed by atoms with Crippen molar-refractivity contribution in [2.24, 2.45) is 5.92 Å². The van der Waals surface area contributed by atoms with Crippen LogP contribution < -0.4 is 0 Å². The average molecular weight is 245 g/mol. The van der Waals surface area contributed by atoms with E-state index in [1.807, 2.05) is 12.1 Å². The van der Waals surface area contributed by atoms with Crippen LogP contribution in [0.4, 0.5) is 0 Å². The fourth-order valence-electron chi connectivity index (χ4n) is 2.44. The molecule has 1 aromatic rings. The SMILES string of the molecule is CCc1ccc(C(=O)CN2CCC(C)CC2)cc1. The fraction of sp³-hybridized carbons (Fsp3) is 0.562. The summed E-state index contributed by atoms with van der Waals surface area (Å²) < 4.78 is 0. The molecule has 0 saturated carbocycles. The largest absolute Gasteiger partial charge is 0.296 e. The van der Waals surface area contributed by atoms with Gasteiger partial charge in [0, 0.05) is 5.56 Å². The number of hydrogen-bond donors (Lipinski definition) is 0. The van der Waals surface area contributed by atoms with Crippen LogP contribution in [0, 0.1) is 5.92 Å². The first-order valence-corrected chi connectivity index (χ1v) is 7.03. The summed E-state index contributed by atoms with van der Waals surface area (Å²) in [6.07, 6.45) is 3.47. The van der Waals surface area contributed by atoms with Crippen LogP contribution >= 0.6 is 0 Å². The van der Waals surface area contributed by atoms with E-state index in [1.165, 1.54) is 18.4 Å². The summed E-state index contributed by atoms with van der Waals surface area (Å²) in [5, 5.41) is 0. The van der Waals surface area contributed by atoms with Crippen molar-refractivity contribution in [1.82, 2.24) is 4.90 Å². The Morgan fingerprint density at radius 2 is 1.83 bits per heavy atom. The van der Waals surface area contributed by atoms with Crippen LogP contribution in [-0.4, -0.2) is 30.3 Å². The van der Waals surface area contributed by atoms with E-state index in [2.05, 4.69) is 30.9 Å². The molecule has 1 fully saturated rings. The monoisotopic (exact) mass is 245 g/mol. The van der Waals surface area contributed by atoms with Crippen LogP contribution in [0.25, 0.3) is 0 Å². The maximum Gasteiger partial charge on any atom is 0.176 e. The Hall–Kier alpha value is -1.15. The number of hydrogen-bond acceptors (Lipinski definition) is 2. The lowest BCUT2D eigenvalue weighted by Crippen LogP contribution is -2.36. The van der Waals surface area contributed by atoms with Crippen LogP contribution in [0.5, 0.6) is 0 Å². The number of Topliss-reactive ketones (excluding diaryl/α,β-unsaturated/α-hetero) is 1. The molecule has 18 heavy (non-hydrogen) atoms. The van der Waals surface area contributed by atoms with Crippen molar-refractivity contribution in [3.8, 4) is 0 Å². The first-order valence-electron chi connectivity index (χ1n) is 7.03. The van der Waals surface area contributed by atoms with E-state index in [1.54, 1.807) is 0 Å². The van der Waals surface area contributed by atoms with Crippen LogP contribution in [0.1, 0.15) is 42.6 Å². The molecule has 0 bridgehead atoms. The van der Waals surface area contributed by atoms with Crippen LogP contribution in [0.3, 0.4) is 0 Å². The van der Waals surface area contributed by atoms with Gasteiger partial charge in [0.2, 0.25) is 0 Å². The molecule has 1 saturated heterocycles. The molecule has 0 aromatic heterocycles. The number of carbonyl (C=O) groups is 1. The molecule has 1 aromatic carbocycles. The Kier molecular flexibility index (Phi) is 4.54. The molecule has 0 radical (unpaired) electrons. The van der Waals surface area contributed by atoms with E-state index in [9.17, 15) is 4.79 Å². The second-order valence-corrected chi connectivity index (χ2v) is 5.43. The summed E-state index contributed by atoms with van der Waals surface area (Å²) in [7, 11) is 0. The van der Waals surface area contributed by atoms with Gasteiger partial charge in [0.1, 0.15) is 0 Å². The zero-order valence-corrected chi connectivity index (χ0v) is 11.5. The second-order valence-electron chi connectivity index (χ2n) is 5.43. The molecular weight excluding hydrogens is 222 g/mol. The van der Waals surface area contributed by atoms with E-state index >= 15 is 0 Å². The van der Waals surface area contributed by atoms with Crippen LogP contribution in [0.2, 0.25) is 0 Å². The van der Waals surface area contributed by atoms with Gasteiger partial charge in [-0.15, -0.1) is 0 Å². The Morgan fingerprint density at radius 3 is 2.39 bits per heavy atom. The zero-order valence-electron chi connectivity index (χ0n) is 11.5. The summed E-state index contributed by atoms with van der Waals surface area (Å²) in [6, 6.07) is 8.05. The van der Waals surface area contributed by atoms with Crippen molar-refractivity contribution in [3.05, 3.63) is 35.4 Å². The van der Waals surface area contributed by atoms with Gasteiger partial charge < -0.3 is 0 Å². The average Bonchev–Trinajstić information content (AvgIpc) is 2.41. The molecular formula is C16H23NO. The van der Waals surface area contributed by atoms with Gasteiger partial charge in [-0.1, -0.05) is 38.1 Å². The number of rotatable bonds is 4. The Balaban J connectivity index is 1.90. The van der Waals surface area contributed by atoms with Gasteiger partial charge in [-0.25, -0.2) is 0 Å². The van der Waals surface area contributed by atoms with Gasteiger partial charge in [0.15, 0.2) is 5.78 Å². The predicted octanol–water partition coefficient (Wildman–Crippen LogP) is 3.16. The molecule has 1 heterocycles. The first-order chi connectivity index (χ1) is 8.69. The van der Waals surface area contributed by atoms with Crippen LogP contribution in [-0.2, 0) is 6.42 Å². The van der Waals surface area contributed by atoms with E-state index in [-0.39, 0.29) is 5.78 Å². The smallest absolute Gasteiger partial charge is 0.176 e. The molecule has 0 N–H and O–H groups in total. The van der Waals surface area contributed by atoms with Crippen molar-refractivity contribution < 1.29 is 4.79 Å². The van der Waals surface area contributed by atoms with Crippen molar-refractivity contribution in [3.63, 3.8) is 0 Å². The molecule has 0 aliphatic carbocycles. The van der Waals surface area contributed by atoms with E-state index in [0.29, 0.717) is 6.54 Å². The molecule has 2 rings (SSSR count). The maximum atomic E-state index is 12.2. The number of aryl methyl sites for hydroxylation is 1. The van der Waals surface area contributed by atoms with Crippen molar-refractivity contribution >= 4 is 5.78 Å². The van der Waals surface area contributed by atoms with Crippen molar-refractivity contribution in [2.75, 3.05) is 19.6 Å². The number of piperidine rings is 1. The van der Waals surface area contributed by atoms with Gasteiger partial charge in [-0.3, -0.25) is 9.69 Å². The minimum atomic E-state index is 0.257. The van der Waals surface area contributed by atoms with E-state index in [4.69, 9.17) is 0 Å². The molecule has 0 atom stereocenters. The summed E-state index contributed by atoms with van der Waals surface area (Å²) >= 11 is 0. The molecule has 0 unspecified atom stereocenters. The second kappa shape index (κ2) is 6.14. The number of ketones is 1. The lowest BCUT2D eigenvalue weighted by Gasteiger charge is -2.29. The molecule has 1 aliphatic rings. The summed E-state index contributed by atoms with van der Waals surface area (Å²) in [5.74, 6) is 1.08. The van der Waals surface area contributed by atoms with Gasteiger partial charge in [-0.05, 0) is 43.8 Å². The van der Waals surface area contributed by atoms with Gasteiger partial charge in [0.25, 0.3) is 0 Å². The van der Waals surface area contributed by atoms with Gasteiger partial charge >= 0.3 is 0 Å². The summed E-state index contributed by atoms with van der Waals surface area (Å²) in [5.41, 5.74) is 2.14. The van der Waals surface area contributed by atoms with Crippen molar-refractivity contribution in [2.45, 2.75) is 33.1 Å². The zero-order chi connectivity index (χ0) is 13.0. The Morgan fingerprint density at radius 1 is 1.22 bits per heavy atom. The normalized spacial score (nSPS) is 17.9. The molecule has 1 aliphatic heterocycles. The molecule has 2 nitrogen and oxygen atoms in total. The number of carbonyl (C=O) groups excluding carboxylic acids is 1. The molecule has 98 valence electrons. The number of benzene rings is 1. The quantitative estimate of drug-likeness (QED) is 0.759. The fourth-order valence-corrected chi connectivity index (χ4v) is 2.44. The Labute approximate surface area is 110 Å².